The molecular weight excluding hydrogens is 238 g/mol. The fourth-order valence-corrected chi connectivity index (χ4v) is 2.88. The molecule has 0 unspecified atom stereocenters. The van der Waals surface area contributed by atoms with Gasteiger partial charge in [-0.1, -0.05) is 44.1 Å². The third kappa shape index (κ3) is 3.56. The molecule has 17 heavy (non-hydrogen) atoms. The number of rotatable bonds is 3. The van der Waals surface area contributed by atoms with Gasteiger partial charge in [0.05, 0.1) is 16.4 Å². The van der Waals surface area contributed by atoms with Crippen LogP contribution in [0.2, 0.25) is 0 Å². The summed E-state index contributed by atoms with van der Waals surface area (Å²) in [6.07, 6.45) is 0. The Bertz CT molecular complexity index is 498. The van der Waals surface area contributed by atoms with E-state index in [0.717, 1.165) is 0 Å². The first-order chi connectivity index (χ1) is 7.77. The number of sulfone groups is 1. The quantitative estimate of drug-likeness (QED) is 0.512. The van der Waals surface area contributed by atoms with Gasteiger partial charge in [0.25, 0.3) is 0 Å². The molecule has 1 aromatic rings. The van der Waals surface area contributed by atoms with Crippen molar-refractivity contribution in [2.24, 2.45) is 10.6 Å². The monoisotopic (exact) mass is 255 g/mol. The number of hydrogen-bond acceptors (Lipinski definition) is 4. The van der Waals surface area contributed by atoms with Crippen molar-refractivity contribution in [2.45, 2.75) is 25.7 Å². The minimum Gasteiger partial charge on any atom is -0.411 e. The van der Waals surface area contributed by atoms with Crippen LogP contribution in [0, 0.1) is 5.41 Å². The van der Waals surface area contributed by atoms with Crippen LogP contribution in [0.5, 0.6) is 0 Å². The summed E-state index contributed by atoms with van der Waals surface area (Å²) in [5.74, 6) is -0.267. The van der Waals surface area contributed by atoms with E-state index in [1.54, 1.807) is 18.2 Å². The van der Waals surface area contributed by atoms with Crippen molar-refractivity contribution in [3.63, 3.8) is 0 Å². The van der Waals surface area contributed by atoms with E-state index in [0.29, 0.717) is 0 Å². The van der Waals surface area contributed by atoms with E-state index < -0.39 is 15.3 Å². The predicted octanol–water partition coefficient (Wildman–Crippen LogP) is 2.34. The molecule has 1 rings (SSSR count). The molecule has 0 bridgehead atoms. The minimum absolute atomic E-state index is 0.241. The highest BCUT2D eigenvalue weighted by Crippen LogP contribution is 2.20. The van der Waals surface area contributed by atoms with Gasteiger partial charge in [0.2, 0.25) is 0 Å². The highest BCUT2D eigenvalue weighted by Gasteiger charge is 2.26. The van der Waals surface area contributed by atoms with Crippen LogP contribution in [0.4, 0.5) is 0 Å². The topological polar surface area (TPSA) is 66.7 Å². The molecule has 94 valence electrons. The Kier molecular flexibility index (Phi) is 3.93. The molecule has 5 heteroatoms. The van der Waals surface area contributed by atoms with E-state index in [9.17, 15) is 8.42 Å². The zero-order valence-corrected chi connectivity index (χ0v) is 11.0. The number of nitrogens with zero attached hydrogens (tertiary/aromatic N) is 1. The van der Waals surface area contributed by atoms with Gasteiger partial charge in [-0.25, -0.2) is 8.42 Å². The SMILES string of the molecule is CC(C)(C)/C(CS(=O)(=O)c1ccccc1)=N/O. The first kappa shape index (κ1) is 13.7. The molecule has 0 saturated heterocycles. The summed E-state index contributed by atoms with van der Waals surface area (Å²) in [7, 11) is -3.45. The summed E-state index contributed by atoms with van der Waals surface area (Å²) >= 11 is 0. The van der Waals surface area contributed by atoms with Crippen molar-refractivity contribution in [2.75, 3.05) is 5.75 Å². The summed E-state index contributed by atoms with van der Waals surface area (Å²) in [6, 6.07) is 8.16. The van der Waals surface area contributed by atoms with Crippen LogP contribution in [0.25, 0.3) is 0 Å². The van der Waals surface area contributed by atoms with Gasteiger partial charge in [0.1, 0.15) is 0 Å². The maximum Gasteiger partial charge on any atom is 0.183 e. The van der Waals surface area contributed by atoms with E-state index in [1.165, 1.54) is 12.1 Å². The Morgan fingerprint density at radius 2 is 1.76 bits per heavy atom. The van der Waals surface area contributed by atoms with Crippen LogP contribution in [0.1, 0.15) is 20.8 Å². The minimum atomic E-state index is -3.45. The van der Waals surface area contributed by atoms with Gasteiger partial charge in [-0.3, -0.25) is 0 Å². The average molecular weight is 255 g/mol. The smallest absolute Gasteiger partial charge is 0.183 e. The molecule has 0 amide bonds. The van der Waals surface area contributed by atoms with Crippen LogP contribution in [-0.4, -0.2) is 25.1 Å². The number of oxime groups is 1. The van der Waals surface area contributed by atoms with Crippen molar-refractivity contribution in [1.29, 1.82) is 0 Å². The molecule has 4 nitrogen and oxygen atoms in total. The van der Waals surface area contributed by atoms with Crippen molar-refractivity contribution >= 4 is 15.5 Å². The van der Waals surface area contributed by atoms with Crippen molar-refractivity contribution in [1.82, 2.24) is 0 Å². The molecule has 0 aliphatic rings. The molecule has 0 aliphatic heterocycles. The third-order valence-corrected chi connectivity index (χ3v) is 4.06. The Morgan fingerprint density at radius 3 is 2.18 bits per heavy atom. The molecule has 0 heterocycles. The van der Waals surface area contributed by atoms with E-state index in [1.807, 2.05) is 20.8 Å². The Labute approximate surface area is 102 Å². The molecule has 0 fully saturated rings. The highest BCUT2D eigenvalue weighted by atomic mass is 32.2. The summed E-state index contributed by atoms with van der Waals surface area (Å²) in [5.41, 5.74) is -0.224. The van der Waals surface area contributed by atoms with E-state index in [2.05, 4.69) is 5.16 Å². The van der Waals surface area contributed by atoms with Gasteiger partial charge >= 0.3 is 0 Å². The Balaban J connectivity index is 3.04. The molecule has 0 atom stereocenters. The molecule has 0 aliphatic carbocycles. The molecule has 1 aromatic carbocycles. The van der Waals surface area contributed by atoms with Crippen LogP contribution >= 0.6 is 0 Å². The zero-order valence-electron chi connectivity index (χ0n) is 10.2. The second-order valence-electron chi connectivity index (χ2n) is 4.87. The van der Waals surface area contributed by atoms with Gasteiger partial charge in [0.15, 0.2) is 9.84 Å². The number of benzene rings is 1. The van der Waals surface area contributed by atoms with Crippen LogP contribution < -0.4 is 0 Å². The lowest BCUT2D eigenvalue weighted by Crippen LogP contribution is -2.28. The van der Waals surface area contributed by atoms with E-state index in [-0.39, 0.29) is 16.4 Å². The van der Waals surface area contributed by atoms with Crippen molar-refractivity contribution in [3.8, 4) is 0 Å². The van der Waals surface area contributed by atoms with Gasteiger partial charge in [-0.15, -0.1) is 0 Å². The molecule has 0 spiro atoms. The first-order valence-electron chi connectivity index (χ1n) is 5.26. The number of hydrogen-bond donors (Lipinski definition) is 1. The van der Waals surface area contributed by atoms with Crippen molar-refractivity contribution < 1.29 is 13.6 Å². The lowest BCUT2D eigenvalue weighted by atomic mass is 9.91. The Morgan fingerprint density at radius 1 is 1.24 bits per heavy atom. The zero-order chi connectivity index (χ0) is 13.1. The average Bonchev–Trinajstić information content (AvgIpc) is 2.25. The Hall–Kier alpha value is -1.36. The summed E-state index contributed by atoms with van der Waals surface area (Å²) in [5, 5.41) is 12.0. The highest BCUT2D eigenvalue weighted by molar-refractivity contribution is 7.92. The largest absolute Gasteiger partial charge is 0.411 e. The second-order valence-corrected chi connectivity index (χ2v) is 6.86. The van der Waals surface area contributed by atoms with Gasteiger partial charge in [0, 0.05) is 5.41 Å². The maximum atomic E-state index is 12.1. The standard InChI is InChI=1S/C12H17NO3S/c1-12(2,3)11(13-14)9-17(15,16)10-7-5-4-6-8-10/h4-8,14H,9H2,1-3H3/b13-11+. The van der Waals surface area contributed by atoms with Gasteiger partial charge in [-0.05, 0) is 12.1 Å². The molecule has 0 saturated carbocycles. The van der Waals surface area contributed by atoms with Gasteiger partial charge < -0.3 is 5.21 Å². The second kappa shape index (κ2) is 4.87. The molecule has 0 aromatic heterocycles. The fraction of sp³-hybridized carbons (Fsp3) is 0.417. The van der Waals surface area contributed by atoms with E-state index in [4.69, 9.17) is 5.21 Å². The molecular formula is C12H17NO3S. The summed E-state index contributed by atoms with van der Waals surface area (Å²) < 4.78 is 24.1. The molecule has 1 N–H and O–H groups in total. The van der Waals surface area contributed by atoms with Crippen LogP contribution in [-0.2, 0) is 9.84 Å². The van der Waals surface area contributed by atoms with E-state index >= 15 is 0 Å². The maximum absolute atomic E-state index is 12.1. The summed E-state index contributed by atoms with van der Waals surface area (Å²) in [4.78, 5) is 0.241. The normalized spacial score (nSPS) is 13.7. The van der Waals surface area contributed by atoms with Crippen molar-refractivity contribution in [3.05, 3.63) is 30.3 Å². The van der Waals surface area contributed by atoms with Crippen LogP contribution in [0.3, 0.4) is 0 Å². The fourth-order valence-electron chi connectivity index (χ4n) is 1.29. The van der Waals surface area contributed by atoms with Gasteiger partial charge in [-0.2, -0.15) is 0 Å². The van der Waals surface area contributed by atoms with Crippen LogP contribution in [0.15, 0.2) is 40.4 Å². The first-order valence-corrected chi connectivity index (χ1v) is 6.92. The summed E-state index contributed by atoms with van der Waals surface area (Å²) in [6.45, 7) is 5.42. The predicted molar refractivity (Wildman–Crippen MR) is 67.2 cm³/mol. The lowest BCUT2D eigenvalue weighted by molar-refractivity contribution is 0.310. The third-order valence-electron chi connectivity index (χ3n) is 2.42. The lowest BCUT2D eigenvalue weighted by Gasteiger charge is -2.19. The molecule has 0 radical (unpaired) electrons.